The van der Waals surface area contributed by atoms with E-state index < -0.39 is 62.8 Å². The third-order valence-corrected chi connectivity index (χ3v) is 4.80. The van der Waals surface area contributed by atoms with Crippen molar-refractivity contribution in [2.45, 2.75) is 35.4 Å². The van der Waals surface area contributed by atoms with Gasteiger partial charge in [0.2, 0.25) is 0 Å². The van der Waals surface area contributed by atoms with Crippen LogP contribution < -0.4 is 0 Å². The van der Waals surface area contributed by atoms with E-state index in [-0.39, 0.29) is 6.08 Å². The summed E-state index contributed by atoms with van der Waals surface area (Å²) in [5.74, 6) is -18.2. The molecule has 0 amide bonds. The van der Waals surface area contributed by atoms with Crippen molar-refractivity contribution in [3.05, 3.63) is 12.7 Å². The molecule has 0 N–H and O–H groups in total. The first kappa shape index (κ1) is 27.2. The first-order chi connectivity index (χ1) is 12.4. The van der Waals surface area contributed by atoms with Crippen LogP contribution in [0.3, 0.4) is 0 Å². The minimum atomic E-state index is -8.10. The van der Waals surface area contributed by atoms with Gasteiger partial charge < -0.3 is 4.74 Å². The molecule has 0 unspecified atom stereocenters. The highest BCUT2D eigenvalue weighted by Crippen LogP contribution is 2.56. The molecule has 172 valence electrons. The van der Waals surface area contributed by atoms with E-state index in [1.165, 1.54) is 0 Å². The number of carbonyl (C=O) groups excluding carboxylic acids is 1. The van der Waals surface area contributed by atoms with E-state index in [4.69, 9.17) is 0 Å². The van der Waals surface area contributed by atoms with Crippen LogP contribution in [0.2, 0.25) is 0 Å². The monoisotopic (exact) mass is 483 g/mol. The maximum absolute atomic E-state index is 13.5. The van der Waals surface area contributed by atoms with Crippen LogP contribution in [-0.4, -0.2) is 61.2 Å². The van der Waals surface area contributed by atoms with Crippen molar-refractivity contribution in [3.63, 3.8) is 0 Å². The van der Waals surface area contributed by atoms with Crippen molar-refractivity contribution in [1.29, 1.82) is 0 Å². The number of esters is 1. The number of ether oxygens (including phenoxy) is 1. The second kappa shape index (κ2) is 7.17. The van der Waals surface area contributed by atoms with Gasteiger partial charge in [-0.25, -0.2) is 13.2 Å². The van der Waals surface area contributed by atoms with E-state index in [1.807, 2.05) is 0 Å². The second-order valence-electron chi connectivity index (χ2n) is 4.82. The average molecular weight is 483 g/mol. The summed E-state index contributed by atoms with van der Waals surface area (Å²) >= 11 is 0. The molecule has 0 rings (SSSR count). The van der Waals surface area contributed by atoms with E-state index in [0.29, 0.717) is 0 Å². The Balaban J connectivity index is 6.48. The smallest absolute Gasteiger partial charge is 0.392 e. The Morgan fingerprint density at radius 2 is 1.24 bits per heavy atom. The molecule has 0 aliphatic heterocycles. The Hall–Kier alpha value is -1.79. The molecular formula is C10H6F13NO4S. The predicted octanol–water partition coefficient (Wildman–Crippen LogP) is 3.59. The number of alkyl halides is 13. The molecule has 0 atom stereocenters. The highest BCUT2D eigenvalue weighted by atomic mass is 32.2. The molecule has 0 aliphatic rings. The van der Waals surface area contributed by atoms with Crippen molar-refractivity contribution >= 4 is 16.0 Å². The van der Waals surface area contributed by atoms with E-state index in [0.717, 1.165) is 0 Å². The Kier molecular flexibility index (Phi) is 6.72. The van der Waals surface area contributed by atoms with Crippen molar-refractivity contribution in [2.75, 3.05) is 7.05 Å². The summed E-state index contributed by atoms with van der Waals surface area (Å²) in [6, 6.07) is -6.67. The first-order valence-electron chi connectivity index (χ1n) is 6.16. The zero-order valence-corrected chi connectivity index (χ0v) is 14.0. The number of hydrogen-bond acceptors (Lipinski definition) is 4. The average Bonchev–Trinajstić information content (AvgIpc) is 2.51. The summed E-state index contributed by atoms with van der Waals surface area (Å²) in [7, 11) is -9.10. The van der Waals surface area contributed by atoms with Crippen molar-refractivity contribution in [3.8, 4) is 0 Å². The van der Waals surface area contributed by atoms with Crippen molar-refractivity contribution in [1.82, 2.24) is 4.31 Å². The normalized spacial score (nSPS) is 15.4. The third kappa shape index (κ3) is 3.97. The van der Waals surface area contributed by atoms with Gasteiger partial charge in [-0.3, -0.25) is 0 Å². The maximum atomic E-state index is 13.5. The fourth-order valence-electron chi connectivity index (χ4n) is 1.26. The molecule has 0 radical (unpaired) electrons. The number of rotatable bonds is 8. The summed E-state index contributed by atoms with van der Waals surface area (Å²) in [6.07, 6.45) is -14.1. The molecule has 0 aliphatic carbocycles. The number of sulfonamides is 1. The van der Waals surface area contributed by atoms with Gasteiger partial charge >= 0.3 is 41.4 Å². The lowest BCUT2D eigenvalue weighted by molar-refractivity contribution is -0.384. The summed E-state index contributed by atoms with van der Waals surface area (Å²) in [6.45, 7) is 2.45. The minimum Gasteiger partial charge on any atom is -0.392 e. The summed E-state index contributed by atoms with van der Waals surface area (Å²) in [5.41, 5.74) is 0. The minimum absolute atomic E-state index is 0.217. The lowest BCUT2D eigenvalue weighted by atomic mass is 10.1. The highest BCUT2D eigenvalue weighted by molar-refractivity contribution is 7.90. The summed E-state index contributed by atoms with van der Waals surface area (Å²) in [5, 5.41) is -7.71. The highest BCUT2D eigenvalue weighted by Gasteiger charge is 2.87. The largest absolute Gasteiger partial charge is 0.483 e. The van der Waals surface area contributed by atoms with Gasteiger partial charge in [-0.15, -0.1) is 4.31 Å². The lowest BCUT2D eigenvalue weighted by Gasteiger charge is -2.37. The molecule has 0 heterocycles. The van der Waals surface area contributed by atoms with Crippen LogP contribution in [0.1, 0.15) is 0 Å². The van der Waals surface area contributed by atoms with Crippen molar-refractivity contribution in [2.24, 2.45) is 0 Å². The molecule has 19 heteroatoms. The van der Waals surface area contributed by atoms with Gasteiger partial charge in [-0.05, 0) is 0 Å². The fourth-order valence-corrected chi connectivity index (χ4v) is 2.46. The van der Waals surface area contributed by atoms with Crippen molar-refractivity contribution < 1.29 is 75.0 Å². The molecule has 0 bridgehead atoms. The van der Waals surface area contributed by atoms with E-state index >= 15 is 0 Å². The quantitative estimate of drug-likeness (QED) is 0.229. The van der Waals surface area contributed by atoms with Crippen LogP contribution in [0.15, 0.2) is 12.7 Å². The van der Waals surface area contributed by atoms with Crippen LogP contribution in [0, 0.1) is 0 Å². The Morgan fingerprint density at radius 1 is 0.862 bits per heavy atom. The predicted molar refractivity (Wildman–Crippen MR) is 63.8 cm³/mol. The van der Waals surface area contributed by atoms with Crippen LogP contribution in [0.25, 0.3) is 0 Å². The van der Waals surface area contributed by atoms with Gasteiger partial charge in [-0.1, -0.05) is 6.58 Å². The molecule has 0 saturated heterocycles. The number of nitrogens with zero attached hydrogens (tertiary/aromatic N) is 1. The van der Waals surface area contributed by atoms with Gasteiger partial charge in [0.05, 0.1) is 0 Å². The summed E-state index contributed by atoms with van der Waals surface area (Å²) < 4.78 is 190. The number of hydrogen-bond donors (Lipinski definition) is 0. The van der Waals surface area contributed by atoms with Gasteiger partial charge in [0.25, 0.3) is 10.0 Å². The molecule has 0 spiro atoms. The molecule has 0 aromatic carbocycles. The van der Waals surface area contributed by atoms with Gasteiger partial charge in [0.1, 0.15) is 0 Å². The zero-order valence-electron chi connectivity index (χ0n) is 13.2. The molecule has 0 saturated carbocycles. The van der Waals surface area contributed by atoms with Crippen LogP contribution >= 0.6 is 0 Å². The molecular weight excluding hydrogens is 477 g/mol. The number of likely N-dealkylation sites (N-methyl/N-ethyl adjacent to an activating group) is 1. The molecule has 29 heavy (non-hydrogen) atoms. The summed E-state index contributed by atoms with van der Waals surface area (Å²) in [4.78, 5) is 10.5. The molecule has 0 aromatic heterocycles. The van der Waals surface area contributed by atoms with E-state index in [9.17, 15) is 70.3 Å². The maximum Gasteiger partial charge on any atom is 0.483 e. The Morgan fingerprint density at radius 3 is 1.55 bits per heavy atom. The number of halogens is 13. The second-order valence-corrected chi connectivity index (χ2v) is 6.83. The lowest BCUT2D eigenvalue weighted by Crippen LogP contribution is -2.67. The SMILES string of the molecule is C=CC(=O)OC(F)(F)C(F)(F)N(C)S(=O)(=O)C(F)(F)C(F)(F)C(F)(F)C(F)(F)F. The van der Waals surface area contributed by atoms with E-state index in [2.05, 4.69) is 11.3 Å². The molecule has 0 aromatic rings. The van der Waals surface area contributed by atoms with Gasteiger partial charge in [-0.2, -0.15) is 57.1 Å². The van der Waals surface area contributed by atoms with Crippen LogP contribution in [-0.2, 0) is 19.6 Å². The van der Waals surface area contributed by atoms with Gasteiger partial charge in [0, 0.05) is 13.1 Å². The third-order valence-electron chi connectivity index (χ3n) is 2.94. The Bertz CT molecular complexity index is 758. The van der Waals surface area contributed by atoms with Gasteiger partial charge in [0.15, 0.2) is 0 Å². The standard InChI is InChI=1S/C10H6F13NO4S/c1-3-4(25)28-9(20,21)8(18,19)24(2)29(26,27)10(22,23)6(13,14)5(11,12)7(15,16)17/h3H,1H2,2H3. The molecule has 5 nitrogen and oxygen atoms in total. The number of carbonyl (C=O) groups is 1. The van der Waals surface area contributed by atoms with E-state index in [1.54, 1.807) is 0 Å². The topological polar surface area (TPSA) is 63.7 Å². The van der Waals surface area contributed by atoms with Crippen LogP contribution in [0.5, 0.6) is 0 Å². The van der Waals surface area contributed by atoms with Crippen LogP contribution in [0.4, 0.5) is 57.1 Å². The fraction of sp³-hybridized carbons (Fsp3) is 0.700. The molecule has 0 fully saturated rings. The Labute approximate surface area is 151 Å². The first-order valence-corrected chi connectivity index (χ1v) is 7.60. The zero-order chi connectivity index (χ0) is 24.1.